The SMILES string of the molecule is CN=C(NCc1ccc(Cl)cc1OC)NCC(O)c1cc2ccccc2s1.I. The second kappa shape index (κ2) is 10.8. The average Bonchev–Trinajstić information content (AvgIpc) is 3.13. The molecule has 0 spiro atoms. The number of thiophene rings is 1. The number of fused-ring (bicyclic) bond motifs is 1. The molecule has 0 amide bonds. The van der Waals surface area contributed by atoms with Crippen LogP contribution in [0.4, 0.5) is 0 Å². The highest BCUT2D eigenvalue weighted by molar-refractivity contribution is 14.0. The number of rotatable bonds is 6. The van der Waals surface area contributed by atoms with Crippen molar-refractivity contribution >= 4 is 63.0 Å². The molecule has 2 aromatic carbocycles. The maximum Gasteiger partial charge on any atom is 0.191 e. The van der Waals surface area contributed by atoms with Gasteiger partial charge in [0.25, 0.3) is 0 Å². The first-order chi connectivity index (χ1) is 13.1. The van der Waals surface area contributed by atoms with Gasteiger partial charge in [0.1, 0.15) is 11.9 Å². The number of aliphatic hydroxyl groups excluding tert-OH is 1. The number of aliphatic imine (C=N–C) groups is 1. The maximum absolute atomic E-state index is 10.5. The van der Waals surface area contributed by atoms with Crippen LogP contribution in [0.25, 0.3) is 10.1 Å². The van der Waals surface area contributed by atoms with Crippen LogP contribution in [0.3, 0.4) is 0 Å². The van der Waals surface area contributed by atoms with Gasteiger partial charge in [-0.1, -0.05) is 35.9 Å². The highest BCUT2D eigenvalue weighted by Crippen LogP contribution is 2.29. The van der Waals surface area contributed by atoms with Crippen LogP contribution in [0.2, 0.25) is 5.02 Å². The number of hydrogen-bond acceptors (Lipinski definition) is 4. The standard InChI is InChI=1S/C20H22ClN3O2S.HI/c1-22-20(23-11-14-7-8-15(21)10-17(14)26-2)24-12-16(25)19-9-13-5-3-4-6-18(13)27-19;/h3-10,16,25H,11-12H2,1-2H3,(H2,22,23,24);1H. The van der Waals surface area contributed by atoms with Crippen molar-refractivity contribution in [2.45, 2.75) is 12.6 Å². The molecule has 0 saturated carbocycles. The van der Waals surface area contributed by atoms with Crippen LogP contribution in [0.15, 0.2) is 53.5 Å². The van der Waals surface area contributed by atoms with Crippen molar-refractivity contribution in [3.8, 4) is 5.75 Å². The lowest BCUT2D eigenvalue weighted by Crippen LogP contribution is -2.38. The monoisotopic (exact) mass is 531 g/mol. The molecule has 0 saturated heterocycles. The van der Waals surface area contributed by atoms with E-state index in [2.05, 4.69) is 27.8 Å². The number of methoxy groups -OCH3 is 1. The minimum absolute atomic E-state index is 0. The molecule has 0 bridgehead atoms. The first-order valence-corrected chi connectivity index (χ1v) is 9.73. The Balaban J connectivity index is 0.00000280. The summed E-state index contributed by atoms with van der Waals surface area (Å²) in [5.74, 6) is 1.32. The second-order valence-corrected chi connectivity index (χ2v) is 7.52. The summed E-state index contributed by atoms with van der Waals surface area (Å²) in [4.78, 5) is 5.13. The summed E-state index contributed by atoms with van der Waals surface area (Å²) in [6.45, 7) is 0.892. The van der Waals surface area contributed by atoms with Crippen LogP contribution in [-0.4, -0.2) is 31.8 Å². The molecule has 1 heterocycles. The summed E-state index contributed by atoms with van der Waals surface area (Å²) in [5, 5.41) is 18.7. The number of guanidine groups is 1. The van der Waals surface area contributed by atoms with E-state index in [4.69, 9.17) is 16.3 Å². The average molecular weight is 532 g/mol. The Morgan fingerprint density at radius 3 is 2.71 bits per heavy atom. The predicted molar refractivity (Wildman–Crippen MR) is 128 cm³/mol. The molecule has 3 aromatic rings. The van der Waals surface area contributed by atoms with E-state index in [0.29, 0.717) is 24.1 Å². The molecule has 5 nitrogen and oxygen atoms in total. The lowest BCUT2D eigenvalue weighted by molar-refractivity contribution is 0.184. The highest BCUT2D eigenvalue weighted by atomic mass is 127. The first kappa shape index (κ1) is 22.7. The van der Waals surface area contributed by atoms with Crippen LogP contribution >= 0.6 is 46.9 Å². The van der Waals surface area contributed by atoms with E-state index in [1.807, 2.05) is 30.3 Å². The number of aliphatic hydroxyl groups is 1. The van der Waals surface area contributed by atoms with Gasteiger partial charge >= 0.3 is 0 Å². The molecule has 0 aliphatic rings. The molecule has 3 N–H and O–H groups in total. The summed E-state index contributed by atoms with van der Waals surface area (Å²) in [7, 11) is 3.31. The van der Waals surface area contributed by atoms with Crippen LogP contribution in [0.5, 0.6) is 5.75 Å². The zero-order chi connectivity index (χ0) is 19.2. The lowest BCUT2D eigenvalue weighted by atomic mass is 10.2. The fourth-order valence-electron chi connectivity index (χ4n) is 2.72. The fraction of sp³-hybridized carbons (Fsp3) is 0.250. The Morgan fingerprint density at radius 2 is 2.00 bits per heavy atom. The molecule has 0 fully saturated rings. The molecular formula is C20H23ClIN3O2S. The van der Waals surface area contributed by atoms with Gasteiger partial charge in [-0.3, -0.25) is 4.99 Å². The molecule has 150 valence electrons. The zero-order valence-electron chi connectivity index (χ0n) is 15.6. The summed E-state index contributed by atoms with van der Waals surface area (Å²) >= 11 is 7.60. The van der Waals surface area contributed by atoms with Crippen molar-refractivity contribution in [1.82, 2.24) is 10.6 Å². The highest BCUT2D eigenvalue weighted by Gasteiger charge is 2.12. The molecule has 0 aliphatic carbocycles. The van der Waals surface area contributed by atoms with E-state index in [-0.39, 0.29) is 24.0 Å². The molecular weight excluding hydrogens is 509 g/mol. The number of nitrogens with zero attached hydrogens (tertiary/aromatic N) is 1. The number of hydrogen-bond donors (Lipinski definition) is 3. The lowest BCUT2D eigenvalue weighted by Gasteiger charge is -2.16. The van der Waals surface area contributed by atoms with E-state index in [1.165, 1.54) is 4.70 Å². The van der Waals surface area contributed by atoms with Gasteiger partial charge in [0, 0.05) is 40.3 Å². The minimum Gasteiger partial charge on any atom is -0.496 e. The molecule has 0 aliphatic heterocycles. The van der Waals surface area contributed by atoms with E-state index >= 15 is 0 Å². The van der Waals surface area contributed by atoms with E-state index in [0.717, 1.165) is 21.6 Å². The van der Waals surface area contributed by atoms with E-state index < -0.39 is 6.10 Å². The summed E-state index contributed by atoms with van der Waals surface area (Å²) in [6, 6.07) is 15.7. The molecule has 28 heavy (non-hydrogen) atoms. The third-order valence-corrected chi connectivity index (χ3v) is 5.61. The Morgan fingerprint density at radius 1 is 1.21 bits per heavy atom. The van der Waals surface area contributed by atoms with Gasteiger partial charge < -0.3 is 20.5 Å². The summed E-state index contributed by atoms with van der Waals surface area (Å²) in [5.41, 5.74) is 0.968. The van der Waals surface area contributed by atoms with Crippen molar-refractivity contribution in [2.24, 2.45) is 4.99 Å². The Kier molecular flexibility index (Phi) is 8.81. The van der Waals surface area contributed by atoms with Crippen LogP contribution in [0, 0.1) is 0 Å². The number of benzene rings is 2. The Labute approximate surface area is 190 Å². The summed E-state index contributed by atoms with van der Waals surface area (Å²) < 4.78 is 6.52. The van der Waals surface area contributed by atoms with Crippen molar-refractivity contribution in [2.75, 3.05) is 20.7 Å². The topological polar surface area (TPSA) is 65.9 Å². The number of nitrogens with one attached hydrogen (secondary N) is 2. The van der Waals surface area contributed by atoms with Gasteiger partial charge in [-0.05, 0) is 29.7 Å². The Bertz CT molecular complexity index is 915. The van der Waals surface area contributed by atoms with Crippen molar-refractivity contribution in [3.63, 3.8) is 0 Å². The van der Waals surface area contributed by atoms with Gasteiger partial charge in [0.05, 0.1) is 7.11 Å². The van der Waals surface area contributed by atoms with Gasteiger partial charge in [-0.25, -0.2) is 0 Å². The third-order valence-electron chi connectivity index (χ3n) is 4.15. The predicted octanol–water partition coefficient (Wildman–Crippen LogP) is 4.58. The molecule has 1 unspecified atom stereocenters. The van der Waals surface area contributed by atoms with E-state index in [1.54, 1.807) is 31.6 Å². The van der Waals surface area contributed by atoms with Crippen molar-refractivity contribution in [3.05, 3.63) is 64.0 Å². The molecule has 1 aromatic heterocycles. The van der Waals surface area contributed by atoms with E-state index in [9.17, 15) is 5.11 Å². The molecule has 1 atom stereocenters. The second-order valence-electron chi connectivity index (χ2n) is 5.97. The van der Waals surface area contributed by atoms with Gasteiger partial charge in [0.15, 0.2) is 5.96 Å². The normalized spacial score (nSPS) is 12.4. The molecule has 3 rings (SSSR count). The number of halogens is 2. The number of ether oxygens (including phenoxy) is 1. The van der Waals surface area contributed by atoms with Gasteiger partial charge in [0.2, 0.25) is 0 Å². The van der Waals surface area contributed by atoms with Crippen molar-refractivity contribution in [1.29, 1.82) is 0 Å². The quantitative estimate of drug-likeness (QED) is 0.248. The summed E-state index contributed by atoms with van der Waals surface area (Å²) in [6.07, 6.45) is -0.606. The third kappa shape index (κ3) is 5.73. The minimum atomic E-state index is -0.606. The van der Waals surface area contributed by atoms with Gasteiger partial charge in [-0.2, -0.15) is 0 Å². The fourth-order valence-corrected chi connectivity index (χ4v) is 3.94. The zero-order valence-corrected chi connectivity index (χ0v) is 19.5. The van der Waals surface area contributed by atoms with Crippen molar-refractivity contribution < 1.29 is 9.84 Å². The van der Waals surface area contributed by atoms with Crippen LogP contribution < -0.4 is 15.4 Å². The van der Waals surface area contributed by atoms with Crippen LogP contribution in [0.1, 0.15) is 16.5 Å². The molecule has 0 radical (unpaired) electrons. The largest absolute Gasteiger partial charge is 0.496 e. The van der Waals surface area contributed by atoms with Crippen LogP contribution in [-0.2, 0) is 6.54 Å². The maximum atomic E-state index is 10.5. The van der Waals surface area contributed by atoms with Gasteiger partial charge in [-0.15, -0.1) is 35.3 Å². The molecule has 8 heteroatoms. The Hall–Kier alpha value is -1.55. The first-order valence-electron chi connectivity index (χ1n) is 8.54. The smallest absolute Gasteiger partial charge is 0.191 e.